The van der Waals surface area contributed by atoms with Crippen LogP contribution in [0.25, 0.3) is 0 Å². The molecule has 0 radical (unpaired) electrons. The van der Waals surface area contributed by atoms with Crippen molar-refractivity contribution in [1.82, 2.24) is 15.5 Å². The number of para-hydroxylation sites is 1. The molecule has 1 saturated heterocycles. The Morgan fingerprint density at radius 2 is 1.70 bits per heavy atom. The molecule has 1 aliphatic heterocycles. The first-order valence-corrected chi connectivity index (χ1v) is 11.3. The molecule has 33 heavy (non-hydrogen) atoms. The van der Waals surface area contributed by atoms with Crippen LogP contribution in [0.1, 0.15) is 48.5 Å². The highest BCUT2D eigenvalue weighted by Crippen LogP contribution is 2.35. The molecule has 1 aliphatic carbocycles. The number of urea groups is 1. The molecule has 1 spiro atoms. The van der Waals surface area contributed by atoms with E-state index in [2.05, 4.69) is 16.0 Å². The van der Waals surface area contributed by atoms with Crippen LogP contribution in [0.15, 0.2) is 54.6 Å². The van der Waals surface area contributed by atoms with E-state index in [1.54, 1.807) is 24.3 Å². The third kappa shape index (κ3) is 4.60. The number of benzene rings is 2. The van der Waals surface area contributed by atoms with Crippen LogP contribution in [-0.4, -0.2) is 46.8 Å². The predicted octanol–water partition coefficient (Wildman–Crippen LogP) is 2.85. The second-order valence-corrected chi connectivity index (χ2v) is 8.60. The van der Waals surface area contributed by atoms with Gasteiger partial charge in [0.1, 0.15) is 11.6 Å². The average molecular weight is 449 g/mol. The Morgan fingerprint density at radius 3 is 2.42 bits per heavy atom. The minimum atomic E-state index is -1.01. The zero-order chi connectivity index (χ0) is 23.4. The van der Waals surface area contributed by atoms with Gasteiger partial charge in [0.15, 0.2) is 0 Å². The number of hydrogen-bond donors (Lipinski definition) is 3. The number of anilines is 1. The van der Waals surface area contributed by atoms with Gasteiger partial charge in [0, 0.05) is 6.54 Å². The molecule has 0 bridgehead atoms. The van der Waals surface area contributed by atoms with Gasteiger partial charge < -0.3 is 16.0 Å². The third-order valence-corrected chi connectivity index (χ3v) is 6.39. The first kappa shape index (κ1) is 22.5. The zero-order valence-electron chi connectivity index (χ0n) is 18.6. The van der Waals surface area contributed by atoms with E-state index in [0.29, 0.717) is 37.1 Å². The van der Waals surface area contributed by atoms with Crippen molar-refractivity contribution in [3.8, 4) is 0 Å². The van der Waals surface area contributed by atoms with Crippen LogP contribution in [0.2, 0.25) is 0 Å². The number of hydrogen-bond acceptors (Lipinski definition) is 4. The first-order valence-electron chi connectivity index (χ1n) is 11.3. The highest BCUT2D eigenvalue weighted by Gasteiger charge is 2.54. The second-order valence-electron chi connectivity index (χ2n) is 8.60. The Bertz CT molecular complexity index is 1060. The van der Waals surface area contributed by atoms with Gasteiger partial charge in [0.25, 0.3) is 11.8 Å². The maximum absolute atomic E-state index is 13.0. The van der Waals surface area contributed by atoms with Gasteiger partial charge in [-0.15, -0.1) is 0 Å². The molecule has 1 atom stereocenters. The highest BCUT2D eigenvalue weighted by atomic mass is 16.2. The third-order valence-electron chi connectivity index (χ3n) is 6.39. The fourth-order valence-corrected chi connectivity index (χ4v) is 4.52. The number of nitrogens with one attached hydrogen (secondary N) is 3. The lowest BCUT2D eigenvalue weighted by Crippen LogP contribution is -2.48. The summed E-state index contributed by atoms with van der Waals surface area (Å²) in [6.45, 7) is 1.97. The number of imide groups is 1. The van der Waals surface area contributed by atoms with Crippen molar-refractivity contribution in [2.24, 2.45) is 0 Å². The maximum Gasteiger partial charge on any atom is 0.325 e. The average Bonchev–Trinajstić information content (AvgIpc) is 3.38. The van der Waals surface area contributed by atoms with Crippen LogP contribution in [0, 0.1) is 0 Å². The first-order chi connectivity index (χ1) is 15.9. The van der Waals surface area contributed by atoms with Crippen molar-refractivity contribution in [3.05, 3.63) is 65.7 Å². The van der Waals surface area contributed by atoms with E-state index in [1.807, 2.05) is 30.3 Å². The van der Waals surface area contributed by atoms with Crippen LogP contribution in [-0.2, 0) is 16.0 Å². The molecule has 5 amide bonds. The molecule has 1 unspecified atom stereocenters. The summed E-state index contributed by atoms with van der Waals surface area (Å²) in [6.07, 6.45) is 3.61. The van der Waals surface area contributed by atoms with E-state index in [4.69, 9.17) is 0 Å². The van der Waals surface area contributed by atoms with E-state index in [1.165, 1.54) is 6.92 Å². The SMILES string of the molecule is CC(C(=O)Nc1ccccc1C(=O)NCCc1ccccc1)N1C(=O)NC2(CCCC2)C1=O. The van der Waals surface area contributed by atoms with Crippen molar-refractivity contribution < 1.29 is 19.2 Å². The zero-order valence-corrected chi connectivity index (χ0v) is 18.6. The van der Waals surface area contributed by atoms with Crippen molar-refractivity contribution in [2.45, 2.75) is 50.6 Å². The molecule has 2 aliphatic rings. The fraction of sp³-hybridized carbons (Fsp3) is 0.360. The van der Waals surface area contributed by atoms with Gasteiger partial charge in [-0.2, -0.15) is 0 Å². The normalized spacial score (nSPS) is 17.7. The van der Waals surface area contributed by atoms with Crippen LogP contribution < -0.4 is 16.0 Å². The van der Waals surface area contributed by atoms with Crippen LogP contribution in [0.3, 0.4) is 0 Å². The summed E-state index contributed by atoms with van der Waals surface area (Å²) in [6, 6.07) is 14.9. The molecule has 8 nitrogen and oxygen atoms in total. The van der Waals surface area contributed by atoms with Gasteiger partial charge in [-0.3, -0.25) is 14.4 Å². The van der Waals surface area contributed by atoms with Crippen molar-refractivity contribution in [2.75, 3.05) is 11.9 Å². The lowest BCUT2D eigenvalue weighted by atomic mass is 9.97. The van der Waals surface area contributed by atoms with Gasteiger partial charge in [0.05, 0.1) is 11.3 Å². The summed E-state index contributed by atoms with van der Waals surface area (Å²) < 4.78 is 0. The lowest BCUT2D eigenvalue weighted by Gasteiger charge is -2.24. The standard InChI is InChI=1S/C25H28N4O4/c1-17(29-23(32)25(28-24(29)33)14-7-8-15-25)21(30)27-20-12-6-5-11-19(20)22(31)26-16-13-18-9-3-2-4-10-18/h2-6,9-12,17H,7-8,13-16H2,1H3,(H,26,31)(H,27,30)(H,28,33). The lowest BCUT2D eigenvalue weighted by molar-refractivity contribution is -0.136. The second kappa shape index (κ2) is 9.44. The molecule has 2 aromatic carbocycles. The molecular weight excluding hydrogens is 420 g/mol. The summed E-state index contributed by atoms with van der Waals surface area (Å²) in [7, 11) is 0. The molecule has 1 heterocycles. The Balaban J connectivity index is 1.40. The summed E-state index contributed by atoms with van der Waals surface area (Å²) in [5, 5.41) is 8.38. The minimum Gasteiger partial charge on any atom is -0.352 e. The number of nitrogens with zero attached hydrogens (tertiary/aromatic N) is 1. The van der Waals surface area contributed by atoms with Gasteiger partial charge in [0.2, 0.25) is 5.91 Å². The minimum absolute atomic E-state index is 0.311. The van der Waals surface area contributed by atoms with Crippen molar-refractivity contribution in [1.29, 1.82) is 0 Å². The Kier molecular flexibility index (Phi) is 6.44. The highest BCUT2D eigenvalue weighted by molar-refractivity contribution is 6.12. The van der Waals surface area contributed by atoms with Gasteiger partial charge in [-0.25, -0.2) is 9.69 Å². The van der Waals surface area contributed by atoms with E-state index in [0.717, 1.165) is 23.3 Å². The van der Waals surface area contributed by atoms with Crippen LogP contribution in [0.4, 0.5) is 10.5 Å². The van der Waals surface area contributed by atoms with Gasteiger partial charge >= 0.3 is 6.03 Å². The fourth-order valence-electron chi connectivity index (χ4n) is 4.52. The van der Waals surface area contributed by atoms with Gasteiger partial charge in [-0.05, 0) is 43.9 Å². The number of rotatable bonds is 7. The van der Waals surface area contributed by atoms with E-state index >= 15 is 0 Å². The Morgan fingerprint density at radius 1 is 1.03 bits per heavy atom. The molecule has 172 valence electrons. The number of carbonyl (C=O) groups excluding carboxylic acids is 4. The predicted molar refractivity (Wildman–Crippen MR) is 124 cm³/mol. The summed E-state index contributed by atoms with van der Waals surface area (Å²) >= 11 is 0. The monoisotopic (exact) mass is 448 g/mol. The molecular formula is C25H28N4O4. The van der Waals surface area contributed by atoms with E-state index in [-0.39, 0.29) is 11.8 Å². The Hall–Kier alpha value is -3.68. The van der Waals surface area contributed by atoms with Gasteiger partial charge in [-0.1, -0.05) is 55.3 Å². The van der Waals surface area contributed by atoms with E-state index < -0.39 is 23.5 Å². The van der Waals surface area contributed by atoms with Crippen LogP contribution in [0.5, 0.6) is 0 Å². The molecule has 0 aromatic heterocycles. The topological polar surface area (TPSA) is 108 Å². The molecule has 4 rings (SSSR count). The Labute approximate surface area is 192 Å². The molecule has 8 heteroatoms. The molecule has 3 N–H and O–H groups in total. The summed E-state index contributed by atoms with van der Waals surface area (Å²) in [5.41, 5.74) is 0.883. The summed E-state index contributed by atoms with van der Waals surface area (Å²) in [4.78, 5) is 52.2. The smallest absolute Gasteiger partial charge is 0.325 e. The van der Waals surface area contributed by atoms with Crippen LogP contribution >= 0.6 is 0 Å². The van der Waals surface area contributed by atoms with Crippen molar-refractivity contribution in [3.63, 3.8) is 0 Å². The van der Waals surface area contributed by atoms with Crippen molar-refractivity contribution >= 4 is 29.4 Å². The van der Waals surface area contributed by atoms with E-state index in [9.17, 15) is 19.2 Å². The quantitative estimate of drug-likeness (QED) is 0.566. The maximum atomic E-state index is 13.0. The summed E-state index contributed by atoms with van der Waals surface area (Å²) in [5.74, 6) is -1.19. The molecule has 2 aromatic rings. The number of carbonyl (C=O) groups is 4. The molecule has 1 saturated carbocycles. The largest absolute Gasteiger partial charge is 0.352 e. The number of amides is 5. The molecule has 2 fully saturated rings.